The number of hydrogen-bond acceptors (Lipinski definition) is 3. The number of hydrogen-bond donors (Lipinski definition) is 0. The average molecular weight is 324 g/mol. The molecule has 1 amide bonds. The molecule has 4 aliphatic rings. The molecule has 24 heavy (non-hydrogen) atoms. The van der Waals surface area contributed by atoms with Gasteiger partial charge in [-0.3, -0.25) is 4.90 Å². The number of fused-ring (bicyclic) bond motifs is 1. The van der Waals surface area contributed by atoms with Gasteiger partial charge in [-0.15, -0.1) is 0 Å². The molecule has 1 aromatic carbocycles. The van der Waals surface area contributed by atoms with Crippen LogP contribution in [0, 0.1) is 5.92 Å². The van der Waals surface area contributed by atoms with Crippen LogP contribution in [-0.4, -0.2) is 36.7 Å². The first-order valence-corrected chi connectivity index (χ1v) is 9.16. The van der Waals surface area contributed by atoms with Crippen molar-refractivity contribution in [3.05, 3.63) is 41.6 Å². The molecule has 0 N–H and O–H groups in total. The summed E-state index contributed by atoms with van der Waals surface area (Å²) in [5.74, 6) is 0.715. The van der Waals surface area contributed by atoms with Crippen LogP contribution in [0.5, 0.6) is 0 Å². The Kier molecular flexibility index (Phi) is 2.94. The van der Waals surface area contributed by atoms with Crippen LogP contribution in [0.1, 0.15) is 38.2 Å². The number of rotatable bonds is 1. The zero-order valence-corrected chi connectivity index (χ0v) is 14.4. The van der Waals surface area contributed by atoms with Gasteiger partial charge in [0.15, 0.2) is 0 Å². The van der Waals surface area contributed by atoms with Gasteiger partial charge in [0.05, 0.1) is 18.2 Å². The molecule has 3 heterocycles. The van der Waals surface area contributed by atoms with Gasteiger partial charge < -0.3 is 4.74 Å². The first-order chi connectivity index (χ1) is 11.7. The van der Waals surface area contributed by atoms with Crippen LogP contribution in [0.25, 0.3) is 0 Å². The van der Waals surface area contributed by atoms with Crippen molar-refractivity contribution in [3.63, 3.8) is 0 Å². The maximum absolute atomic E-state index is 12.6. The molecule has 1 spiro atoms. The quantitative estimate of drug-likeness (QED) is 0.790. The Labute approximate surface area is 143 Å². The number of benzene rings is 1. The molecule has 0 radical (unpaired) electrons. The molecule has 0 aromatic heterocycles. The highest BCUT2D eigenvalue weighted by molar-refractivity contribution is 5.97. The van der Waals surface area contributed by atoms with Crippen molar-refractivity contribution in [2.75, 3.05) is 18.6 Å². The Morgan fingerprint density at radius 3 is 3.00 bits per heavy atom. The maximum Gasteiger partial charge on any atom is 0.418 e. The Morgan fingerprint density at radius 2 is 2.21 bits per heavy atom. The molecule has 0 unspecified atom stereocenters. The van der Waals surface area contributed by atoms with E-state index in [4.69, 9.17) is 4.74 Å². The lowest BCUT2D eigenvalue weighted by Crippen LogP contribution is -2.48. The monoisotopic (exact) mass is 324 g/mol. The van der Waals surface area contributed by atoms with Crippen LogP contribution in [0.2, 0.25) is 0 Å². The Balaban J connectivity index is 1.72. The zero-order chi connectivity index (χ0) is 16.5. The minimum absolute atomic E-state index is 0.0162. The molecule has 4 atom stereocenters. The summed E-state index contributed by atoms with van der Waals surface area (Å²) in [7, 11) is 1.48. The highest BCUT2D eigenvalue weighted by Crippen LogP contribution is 2.62. The van der Waals surface area contributed by atoms with Gasteiger partial charge >= 0.3 is 6.09 Å². The fourth-order valence-corrected chi connectivity index (χ4v) is 6.11. The van der Waals surface area contributed by atoms with E-state index in [0.717, 1.165) is 25.1 Å². The van der Waals surface area contributed by atoms with Crippen LogP contribution in [0.3, 0.4) is 0 Å². The summed E-state index contributed by atoms with van der Waals surface area (Å²) < 4.78 is 5.13. The van der Waals surface area contributed by atoms with Gasteiger partial charge in [-0.25, -0.2) is 9.69 Å². The minimum Gasteiger partial charge on any atom is -0.452 e. The molecular weight excluding hydrogens is 300 g/mol. The van der Waals surface area contributed by atoms with Crippen molar-refractivity contribution >= 4 is 11.8 Å². The summed E-state index contributed by atoms with van der Waals surface area (Å²) >= 11 is 0. The molecule has 1 aromatic rings. The number of anilines is 1. The number of carbonyl (C=O) groups excluding carboxylic acids is 1. The van der Waals surface area contributed by atoms with Gasteiger partial charge in [-0.2, -0.15) is 0 Å². The van der Waals surface area contributed by atoms with E-state index < -0.39 is 0 Å². The van der Waals surface area contributed by atoms with Crippen molar-refractivity contribution in [2.45, 2.75) is 50.1 Å². The molecular formula is C20H24N2O2. The fourth-order valence-electron chi connectivity index (χ4n) is 6.11. The van der Waals surface area contributed by atoms with E-state index in [2.05, 4.69) is 36.1 Å². The van der Waals surface area contributed by atoms with Gasteiger partial charge in [-0.1, -0.05) is 31.2 Å². The van der Waals surface area contributed by atoms with Crippen LogP contribution in [0.4, 0.5) is 10.5 Å². The standard InChI is InChI=1S/C20H24N2O2/c1-3-14-12-13-8-9-17-20(10-11-21(14)18(13)20)15-6-4-5-7-16(15)22(17)19(23)24-2/h4-7,9,13-14,18H,3,8,10-12H2,1-2H3/t13-,14-,18+,20+/m0/s1. The molecule has 3 aliphatic heterocycles. The van der Waals surface area contributed by atoms with Crippen LogP contribution in [0.15, 0.2) is 36.0 Å². The van der Waals surface area contributed by atoms with Gasteiger partial charge in [0, 0.05) is 24.3 Å². The van der Waals surface area contributed by atoms with Crippen LogP contribution < -0.4 is 4.90 Å². The number of methoxy groups -OCH3 is 1. The van der Waals surface area contributed by atoms with Crippen molar-refractivity contribution < 1.29 is 9.53 Å². The molecule has 2 fully saturated rings. The summed E-state index contributed by atoms with van der Waals surface area (Å²) in [5.41, 5.74) is 3.52. The van der Waals surface area contributed by atoms with Gasteiger partial charge in [0.1, 0.15) is 0 Å². The molecule has 0 saturated carbocycles. The molecule has 126 valence electrons. The number of ether oxygens (including phenoxy) is 1. The highest BCUT2D eigenvalue weighted by atomic mass is 16.5. The molecule has 1 aliphatic carbocycles. The second kappa shape index (κ2) is 4.85. The summed E-state index contributed by atoms with van der Waals surface area (Å²) in [5, 5.41) is 0. The summed E-state index contributed by atoms with van der Waals surface area (Å²) in [6, 6.07) is 9.69. The third-order valence-corrected chi connectivity index (χ3v) is 6.88. The van der Waals surface area contributed by atoms with Crippen LogP contribution in [-0.2, 0) is 10.2 Å². The van der Waals surface area contributed by atoms with E-state index in [9.17, 15) is 4.79 Å². The fraction of sp³-hybridized carbons (Fsp3) is 0.550. The first-order valence-electron chi connectivity index (χ1n) is 9.16. The topological polar surface area (TPSA) is 32.8 Å². The SMILES string of the molecule is CC[C@H]1C[C@@H]2CC=C3N(C(=O)OC)c4ccccc4[C@]34CCN1[C@H]24. The lowest BCUT2D eigenvalue weighted by atomic mass is 9.65. The van der Waals surface area contributed by atoms with Gasteiger partial charge in [0.2, 0.25) is 0 Å². The number of amides is 1. The Morgan fingerprint density at radius 1 is 1.38 bits per heavy atom. The van der Waals surface area contributed by atoms with E-state index in [1.165, 1.54) is 31.2 Å². The number of allylic oxidation sites excluding steroid dienone is 1. The van der Waals surface area contributed by atoms with E-state index in [1.54, 1.807) is 0 Å². The summed E-state index contributed by atoms with van der Waals surface area (Å²) in [6.45, 7) is 3.45. The van der Waals surface area contributed by atoms with Crippen LogP contribution >= 0.6 is 0 Å². The van der Waals surface area contributed by atoms with Crippen molar-refractivity contribution in [1.82, 2.24) is 4.90 Å². The van der Waals surface area contributed by atoms with Gasteiger partial charge in [-0.05, 0) is 43.2 Å². The smallest absolute Gasteiger partial charge is 0.418 e. The molecule has 2 saturated heterocycles. The minimum atomic E-state index is -0.257. The first kappa shape index (κ1) is 14.5. The maximum atomic E-state index is 12.6. The molecule has 4 nitrogen and oxygen atoms in total. The average Bonchev–Trinajstić information content (AvgIpc) is 3.27. The normalized spacial score (nSPS) is 36.2. The predicted octanol–water partition coefficient (Wildman–Crippen LogP) is 3.67. The van der Waals surface area contributed by atoms with E-state index >= 15 is 0 Å². The van der Waals surface area contributed by atoms with E-state index in [-0.39, 0.29) is 11.5 Å². The zero-order valence-electron chi connectivity index (χ0n) is 14.4. The summed E-state index contributed by atoms with van der Waals surface area (Å²) in [4.78, 5) is 17.2. The number of nitrogens with zero attached hydrogens (tertiary/aromatic N) is 2. The molecule has 5 rings (SSSR count). The molecule has 0 bridgehead atoms. The van der Waals surface area contributed by atoms with E-state index in [1.807, 2.05) is 11.0 Å². The lowest BCUT2D eigenvalue weighted by Gasteiger charge is -2.41. The number of carbonyl (C=O) groups is 1. The van der Waals surface area contributed by atoms with Crippen molar-refractivity contribution in [1.29, 1.82) is 0 Å². The third-order valence-electron chi connectivity index (χ3n) is 6.88. The van der Waals surface area contributed by atoms with Crippen molar-refractivity contribution in [2.24, 2.45) is 5.92 Å². The Hall–Kier alpha value is -1.81. The summed E-state index contributed by atoms with van der Waals surface area (Å²) in [6.07, 6.45) is 6.79. The third kappa shape index (κ3) is 1.51. The second-order valence-electron chi connectivity index (χ2n) is 7.61. The highest BCUT2D eigenvalue weighted by Gasteiger charge is 2.64. The Bertz CT molecular complexity index is 743. The second-order valence-corrected chi connectivity index (χ2v) is 7.61. The largest absolute Gasteiger partial charge is 0.452 e. The molecule has 4 heteroatoms. The predicted molar refractivity (Wildman–Crippen MR) is 93.0 cm³/mol. The van der Waals surface area contributed by atoms with Gasteiger partial charge in [0.25, 0.3) is 0 Å². The lowest BCUT2D eigenvalue weighted by molar-refractivity contribution is 0.176. The number of para-hydroxylation sites is 1. The van der Waals surface area contributed by atoms with Crippen molar-refractivity contribution in [3.8, 4) is 0 Å². The van der Waals surface area contributed by atoms with E-state index in [0.29, 0.717) is 18.0 Å².